The van der Waals surface area contributed by atoms with Crippen LogP contribution in [0.1, 0.15) is 27.7 Å². The fourth-order valence-electron chi connectivity index (χ4n) is 3.35. The van der Waals surface area contributed by atoms with Gasteiger partial charge in [-0.15, -0.1) is 0 Å². The molecule has 0 aromatic heterocycles. The van der Waals surface area contributed by atoms with Crippen molar-refractivity contribution in [3.63, 3.8) is 0 Å². The van der Waals surface area contributed by atoms with Gasteiger partial charge in [0.15, 0.2) is 12.2 Å². The van der Waals surface area contributed by atoms with Crippen molar-refractivity contribution in [3.05, 3.63) is 10.6 Å². The third-order valence-electron chi connectivity index (χ3n) is 5.98. The number of nitrogens with two attached hydrogens (primary N) is 2. The normalized spacial score (nSPS) is 17.0. The van der Waals surface area contributed by atoms with Crippen LogP contribution >= 0.6 is 0 Å². The van der Waals surface area contributed by atoms with E-state index in [4.69, 9.17) is 24.4 Å². The molecule has 21 nitrogen and oxygen atoms in total. The number of methoxy groups -OCH3 is 1. The van der Waals surface area contributed by atoms with Crippen molar-refractivity contribution >= 4 is 65.9 Å². The Labute approximate surface area is 290 Å². The van der Waals surface area contributed by atoms with Crippen molar-refractivity contribution in [2.45, 2.75) is 64.1 Å². The molecule has 1 rings (SSSR count). The molecule has 0 aromatic carbocycles. The average Bonchev–Trinajstić information content (AvgIpc) is 3.85. The number of nitrogens with one attached hydrogen (secondary N) is 3. The molecule has 0 radical (unpaired) electrons. The Kier molecular flexibility index (Phi) is 19.9. The van der Waals surface area contributed by atoms with Gasteiger partial charge in [-0.05, 0) is 19.8 Å². The molecule has 6 atom stereocenters. The van der Waals surface area contributed by atoms with Crippen LogP contribution in [0.4, 0.5) is 0 Å². The molecule has 7 amide bonds. The number of epoxide rings is 1. The molecule has 0 bridgehead atoms. The molecule has 1 aliphatic heterocycles. The van der Waals surface area contributed by atoms with E-state index in [1.54, 1.807) is 6.92 Å². The summed E-state index contributed by atoms with van der Waals surface area (Å²) in [6.07, 6.45) is -2.57. The molecule has 0 aliphatic carbocycles. The van der Waals surface area contributed by atoms with E-state index in [1.165, 1.54) is 20.8 Å². The molecule has 0 saturated carbocycles. The number of primary amides is 1. The zero-order valence-corrected chi connectivity index (χ0v) is 29.1. The van der Waals surface area contributed by atoms with Gasteiger partial charge >= 0.3 is 34.3 Å². The van der Waals surface area contributed by atoms with E-state index in [9.17, 15) is 43.2 Å². The Morgan fingerprint density at radius 1 is 0.979 bits per heavy atom. The van der Waals surface area contributed by atoms with Crippen molar-refractivity contribution in [2.75, 3.05) is 32.6 Å². The fraction of sp³-hybridized carbons (Fsp3) is 0.640. The van der Waals surface area contributed by atoms with Gasteiger partial charge in [0.25, 0.3) is 11.8 Å². The van der Waals surface area contributed by atoms with Crippen LogP contribution < -0.4 is 27.5 Å². The number of carbonyl (C=O) groups excluding carboxylic acids is 9. The van der Waals surface area contributed by atoms with Gasteiger partial charge in [0, 0.05) is 5.91 Å². The van der Waals surface area contributed by atoms with Crippen LogP contribution in [0.2, 0.25) is 0 Å². The SMILES string of the molecule is CCOC(=O)C1OC1C(=O)N(CC(=O)OC)NC(=O)C(C)NC(=O)C(NC(=O)C(N)C(=O)[N-]CC(=O)[N-]C(C[S-])C(N)=O)C(C)C.[O]=[Tc+4]. The second kappa shape index (κ2) is 21.7. The molecular weight excluding hydrogens is 750 g/mol. The minimum absolute atomic E-state index is 0.0304. The van der Waals surface area contributed by atoms with E-state index in [0.717, 1.165) is 26.0 Å². The molecule has 1 aliphatic rings. The van der Waals surface area contributed by atoms with Crippen LogP contribution in [0.5, 0.6) is 0 Å². The van der Waals surface area contributed by atoms with E-state index < -0.39 is 109 Å². The number of nitrogens with zero attached hydrogens (tertiary/aromatic N) is 3. The average molecular weight is 788 g/mol. The number of amides is 7. The van der Waals surface area contributed by atoms with Gasteiger partial charge in [0.05, 0.1) is 19.6 Å². The quantitative estimate of drug-likeness (QED) is 0.0305. The van der Waals surface area contributed by atoms with Crippen molar-refractivity contribution in [1.29, 1.82) is 0 Å². The van der Waals surface area contributed by atoms with Gasteiger partial charge in [0.2, 0.25) is 17.7 Å². The molecule has 0 spiro atoms. The zero-order chi connectivity index (χ0) is 37.3. The Hall–Kier alpha value is -4.05. The first-order valence-electron chi connectivity index (χ1n) is 13.8. The van der Waals surface area contributed by atoms with Gasteiger partial charge in [-0.2, -0.15) is 5.75 Å². The molecule has 0 aromatic rings. The molecule has 48 heavy (non-hydrogen) atoms. The Morgan fingerprint density at radius 3 is 2.08 bits per heavy atom. The summed E-state index contributed by atoms with van der Waals surface area (Å²) < 4.78 is 22.5. The number of rotatable bonds is 17. The summed E-state index contributed by atoms with van der Waals surface area (Å²) in [7, 11) is 1.04. The number of carbonyl (C=O) groups is 9. The standard InChI is InChI=1S/C25H40N8O12S.O.Tc/c1-6-44-25(42)18-17(45-18)24(41)33(8-14(35)43-5)32-20(37)11(4)29-23(40)16(10(2)3)31-22(39)15(26)21(38)28-7-13(34)30-12(9-46)19(27)36;;/h10-12,15-18H,6-9,26H2,1-5H3,(H8,27,28,29,30,31,32,34,36,37,38,39,40,46);;/q;;+4/p-3. The van der Waals surface area contributed by atoms with Crippen LogP contribution in [0.3, 0.4) is 0 Å². The van der Waals surface area contributed by atoms with E-state index in [2.05, 4.69) is 44.1 Å². The second-order valence-electron chi connectivity index (χ2n) is 9.91. The number of hydrogen-bond donors (Lipinski definition) is 5. The van der Waals surface area contributed by atoms with Crippen LogP contribution in [-0.2, 0) is 92.3 Å². The topological polar surface area (TPSA) is 321 Å². The maximum atomic E-state index is 13.0. The molecule has 1 fully saturated rings. The summed E-state index contributed by atoms with van der Waals surface area (Å²) in [4.78, 5) is 110. The van der Waals surface area contributed by atoms with Crippen molar-refractivity contribution < 1.29 is 79.7 Å². The molecule has 23 heteroatoms. The van der Waals surface area contributed by atoms with Gasteiger partial charge in [-0.1, -0.05) is 26.4 Å². The van der Waals surface area contributed by atoms with Crippen LogP contribution in [0, 0.1) is 5.92 Å². The number of esters is 2. The third kappa shape index (κ3) is 14.4. The summed E-state index contributed by atoms with van der Waals surface area (Å²) >= 11 is 5.56. The molecule has 1 heterocycles. The van der Waals surface area contributed by atoms with Gasteiger partial charge in [-0.3, -0.25) is 34.2 Å². The summed E-state index contributed by atoms with van der Waals surface area (Å²) in [6.45, 7) is 4.27. The molecule has 6 unspecified atom stereocenters. The van der Waals surface area contributed by atoms with Crippen LogP contribution in [-0.4, -0.2) is 127 Å². The van der Waals surface area contributed by atoms with Crippen molar-refractivity contribution in [3.8, 4) is 0 Å². The van der Waals surface area contributed by atoms with Crippen LogP contribution in [0.25, 0.3) is 10.6 Å². The van der Waals surface area contributed by atoms with Crippen LogP contribution in [0.15, 0.2) is 0 Å². The van der Waals surface area contributed by atoms with E-state index in [1.807, 2.05) is 0 Å². The Bertz CT molecular complexity index is 1230. The molecule has 7 N–H and O–H groups in total. The molecule has 1 saturated heterocycles. The van der Waals surface area contributed by atoms with E-state index in [0.29, 0.717) is 5.01 Å². The van der Waals surface area contributed by atoms with Gasteiger partial charge in [-0.25, -0.2) is 9.80 Å². The summed E-state index contributed by atoms with van der Waals surface area (Å²) in [5, 5.41) is 11.9. The Balaban J connectivity index is 0.0000108. The predicted octanol–water partition coefficient (Wildman–Crippen LogP) is -4.60. The predicted molar refractivity (Wildman–Crippen MR) is 157 cm³/mol. The second-order valence-corrected chi connectivity index (χ2v) is 10.2. The van der Waals surface area contributed by atoms with Crippen molar-refractivity contribution in [2.24, 2.45) is 17.4 Å². The molecular formula is C25H37N8O13STc+. The van der Waals surface area contributed by atoms with E-state index in [-0.39, 0.29) is 12.4 Å². The third-order valence-corrected chi connectivity index (χ3v) is 6.30. The molecule has 267 valence electrons. The monoisotopic (exact) mass is 786 g/mol. The van der Waals surface area contributed by atoms with Crippen molar-refractivity contribution in [1.82, 2.24) is 21.1 Å². The van der Waals surface area contributed by atoms with Gasteiger partial charge < -0.3 is 69.2 Å². The fourth-order valence-corrected chi connectivity index (χ4v) is 3.59. The first-order valence-corrected chi connectivity index (χ1v) is 15.2. The number of hydrogen-bond acceptors (Lipinski definition) is 15. The Morgan fingerprint density at radius 2 is 1.58 bits per heavy atom. The minimum atomic E-state index is -1.94. The zero-order valence-electron chi connectivity index (χ0n) is 26.5. The van der Waals surface area contributed by atoms with Gasteiger partial charge in [0.1, 0.15) is 24.7 Å². The summed E-state index contributed by atoms with van der Waals surface area (Å²) in [5.41, 5.74) is 12.8. The number of hydrazine groups is 1. The maximum absolute atomic E-state index is 13.0. The summed E-state index contributed by atoms with van der Waals surface area (Å²) in [6, 6.07) is -5.92. The number of ether oxygens (including phenoxy) is 3. The first kappa shape index (κ1) is 43.9. The van der Waals surface area contributed by atoms with E-state index >= 15 is 0 Å². The summed E-state index contributed by atoms with van der Waals surface area (Å²) in [5.74, 6) is -9.77. The first-order chi connectivity index (χ1) is 22.5.